The van der Waals surface area contributed by atoms with Gasteiger partial charge in [-0.05, 0) is 12.8 Å². The van der Waals surface area contributed by atoms with Gasteiger partial charge in [-0.25, -0.2) is 17.6 Å². The molecule has 0 spiro atoms. The minimum Gasteiger partial charge on any atom is -0.361 e. The van der Waals surface area contributed by atoms with E-state index in [0.29, 0.717) is 13.1 Å². The van der Waals surface area contributed by atoms with Crippen molar-refractivity contribution >= 4 is 5.69 Å². The Morgan fingerprint density at radius 1 is 1.15 bits per heavy atom. The van der Waals surface area contributed by atoms with Gasteiger partial charge in [0.25, 0.3) is 0 Å². The van der Waals surface area contributed by atoms with Gasteiger partial charge in [-0.2, -0.15) is 0 Å². The van der Waals surface area contributed by atoms with E-state index >= 15 is 0 Å². The second-order valence-corrected chi connectivity index (χ2v) is 5.59. The molecule has 1 aliphatic heterocycles. The van der Waals surface area contributed by atoms with Gasteiger partial charge in [-0.3, -0.25) is 0 Å². The summed E-state index contributed by atoms with van der Waals surface area (Å²) < 4.78 is 54.6. The Balaban J connectivity index is 2.52. The molecule has 2 atom stereocenters. The van der Waals surface area contributed by atoms with Crippen LogP contribution >= 0.6 is 0 Å². The third-order valence-electron chi connectivity index (χ3n) is 3.69. The smallest absolute Gasteiger partial charge is 0.185 e. The molecular formula is C14H18F4N2. The lowest BCUT2D eigenvalue weighted by Crippen LogP contribution is -2.58. The summed E-state index contributed by atoms with van der Waals surface area (Å²) >= 11 is 0. The van der Waals surface area contributed by atoms with Gasteiger partial charge in [0.2, 0.25) is 0 Å². The lowest BCUT2D eigenvalue weighted by atomic mass is 9.97. The van der Waals surface area contributed by atoms with Crippen LogP contribution in [0.15, 0.2) is 6.07 Å². The molecule has 112 valence electrons. The Kier molecular flexibility index (Phi) is 4.22. The van der Waals surface area contributed by atoms with E-state index in [4.69, 9.17) is 0 Å². The van der Waals surface area contributed by atoms with Crippen molar-refractivity contribution in [3.05, 3.63) is 29.3 Å². The van der Waals surface area contributed by atoms with Crippen LogP contribution in [0.4, 0.5) is 23.2 Å². The number of halogens is 4. The summed E-state index contributed by atoms with van der Waals surface area (Å²) in [6.07, 6.45) is 0. The monoisotopic (exact) mass is 290 g/mol. The highest BCUT2D eigenvalue weighted by molar-refractivity contribution is 5.52. The first kappa shape index (κ1) is 15.1. The first-order valence-electron chi connectivity index (χ1n) is 6.66. The summed E-state index contributed by atoms with van der Waals surface area (Å²) in [5.74, 6) is -5.31. The first-order chi connectivity index (χ1) is 9.32. The number of hydrogen-bond acceptors (Lipinski definition) is 2. The Labute approximate surface area is 115 Å². The predicted octanol–water partition coefficient (Wildman–Crippen LogP) is 3.07. The molecule has 0 amide bonds. The van der Waals surface area contributed by atoms with E-state index < -0.39 is 29.0 Å². The van der Waals surface area contributed by atoms with Crippen LogP contribution < -0.4 is 10.2 Å². The minimum atomic E-state index is -1.37. The van der Waals surface area contributed by atoms with E-state index in [1.807, 2.05) is 20.8 Å². The first-order valence-corrected chi connectivity index (χ1v) is 6.66. The zero-order chi connectivity index (χ0) is 15.0. The predicted molar refractivity (Wildman–Crippen MR) is 69.7 cm³/mol. The number of piperazine rings is 1. The van der Waals surface area contributed by atoms with Crippen LogP contribution in [0.2, 0.25) is 0 Å². The van der Waals surface area contributed by atoms with Crippen LogP contribution in [0.3, 0.4) is 0 Å². The summed E-state index contributed by atoms with van der Waals surface area (Å²) in [4.78, 5) is 1.43. The third-order valence-corrected chi connectivity index (χ3v) is 3.69. The van der Waals surface area contributed by atoms with Crippen molar-refractivity contribution in [1.82, 2.24) is 5.32 Å². The van der Waals surface area contributed by atoms with Crippen LogP contribution in [0.1, 0.15) is 20.8 Å². The molecule has 1 fully saturated rings. The van der Waals surface area contributed by atoms with Gasteiger partial charge in [0.05, 0.1) is 0 Å². The number of rotatable bonds is 2. The van der Waals surface area contributed by atoms with Crippen LogP contribution in [0, 0.1) is 29.2 Å². The van der Waals surface area contributed by atoms with E-state index in [1.54, 1.807) is 0 Å². The second kappa shape index (κ2) is 5.60. The Morgan fingerprint density at radius 3 is 2.20 bits per heavy atom. The van der Waals surface area contributed by atoms with Crippen molar-refractivity contribution in [3.8, 4) is 0 Å². The molecule has 0 radical (unpaired) electrons. The van der Waals surface area contributed by atoms with Gasteiger partial charge in [-0.1, -0.05) is 13.8 Å². The fourth-order valence-corrected chi connectivity index (χ4v) is 2.59. The molecule has 0 saturated carbocycles. The van der Waals surface area contributed by atoms with Gasteiger partial charge >= 0.3 is 0 Å². The van der Waals surface area contributed by atoms with Gasteiger partial charge in [0.15, 0.2) is 23.3 Å². The Bertz CT molecular complexity index is 478. The molecule has 1 aliphatic rings. The average molecular weight is 290 g/mol. The molecule has 6 heteroatoms. The quantitative estimate of drug-likeness (QED) is 0.665. The lowest BCUT2D eigenvalue weighted by molar-refractivity contribution is 0.338. The molecule has 1 saturated heterocycles. The molecule has 0 aromatic heterocycles. The van der Waals surface area contributed by atoms with E-state index in [9.17, 15) is 17.6 Å². The van der Waals surface area contributed by atoms with Gasteiger partial charge in [0.1, 0.15) is 5.69 Å². The molecule has 20 heavy (non-hydrogen) atoms. The van der Waals surface area contributed by atoms with Crippen molar-refractivity contribution < 1.29 is 17.6 Å². The molecule has 0 bridgehead atoms. The fraction of sp³-hybridized carbons (Fsp3) is 0.571. The molecular weight excluding hydrogens is 272 g/mol. The van der Waals surface area contributed by atoms with Gasteiger partial charge < -0.3 is 10.2 Å². The number of hydrogen-bond donors (Lipinski definition) is 1. The van der Waals surface area contributed by atoms with Crippen LogP contribution in [-0.2, 0) is 0 Å². The molecule has 2 rings (SSSR count). The largest absolute Gasteiger partial charge is 0.361 e. The second-order valence-electron chi connectivity index (χ2n) is 5.59. The molecule has 1 aromatic rings. The van der Waals surface area contributed by atoms with Crippen LogP contribution in [0.5, 0.6) is 0 Å². The van der Waals surface area contributed by atoms with Crippen molar-refractivity contribution in [1.29, 1.82) is 0 Å². The minimum absolute atomic E-state index is 0.0184. The van der Waals surface area contributed by atoms with E-state index in [2.05, 4.69) is 5.32 Å². The highest BCUT2D eigenvalue weighted by Gasteiger charge is 2.33. The maximum atomic E-state index is 13.9. The zero-order valence-electron chi connectivity index (χ0n) is 11.7. The van der Waals surface area contributed by atoms with Gasteiger partial charge in [-0.15, -0.1) is 0 Å². The topological polar surface area (TPSA) is 15.3 Å². The molecule has 1 N–H and O–H groups in total. The summed E-state index contributed by atoms with van der Waals surface area (Å²) in [5, 5.41) is 3.21. The average Bonchev–Trinajstić information content (AvgIpc) is 2.36. The Hall–Kier alpha value is -1.30. The van der Waals surface area contributed by atoms with E-state index in [-0.39, 0.29) is 24.1 Å². The standard InChI is InChI=1S/C14H18F4N2/c1-7(2)11-5-19-8(3)6-20(11)14-12(17)9(15)4-10(16)13(14)18/h4,7-8,11,19H,5-6H2,1-3H3. The van der Waals surface area contributed by atoms with Crippen molar-refractivity contribution in [3.63, 3.8) is 0 Å². The van der Waals surface area contributed by atoms with Crippen LogP contribution in [-0.4, -0.2) is 25.2 Å². The van der Waals surface area contributed by atoms with Gasteiger partial charge in [0, 0.05) is 31.2 Å². The number of anilines is 1. The van der Waals surface area contributed by atoms with E-state index in [0.717, 1.165) is 0 Å². The highest BCUT2D eigenvalue weighted by Crippen LogP contribution is 2.32. The molecule has 2 nitrogen and oxygen atoms in total. The summed E-state index contributed by atoms with van der Waals surface area (Å²) in [5.41, 5.74) is -0.602. The van der Waals surface area contributed by atoms with Crippen LogP contribution in [0.25, 0.3) is 0 Å². The maximum absolute atomic E-state index is 13.9. The SMILES string of the molecule is CC1CN(c2c(F)c(F)cc(F)c2F)C(C(C)C)CN1. The lowest BCUT2D eigenvalue weighted by Gasteiger charge is -2.43. The maximum Gasteiger partial charge on any atom is 0.185 e. The van der Waals surface area contributed by atoms with Crippen molar-refractivity contribution in [2.45, 2.75) is 32.9 Å². The fourth-order valence-electron chi connectivity index (χ4n) is 2.59. The molecule has 2 unspecified atom stereocenters. The molecule has 1 aromatic carbocycles. The normalized spacial score (nSPS) is 23.5. The molecule has 0 aliphatic carbocycles. The van der Waals surface area contributed by atoms with Crippen molar-refractivity contribution in [2.24, 2.45) is 5.92 Å². The summed E-state index contributed by atoms with van der Waals surface area (Å²) in [7, 11) is 0. The molecule has 1 heterocycles. The number of benzene rings is 1. The number of nitrogens with zero attached hydrogens (tertiary/aromatic N) is 1. The van der Waals surface area contributed by atoms with Crippen molar-refractivity contribution in [2.75, 3.05) is 18.0 Å². The highest BCUT2D eigenvalue weighted by atomic mass is 19.2. The number of nitrogens with one attached hydrogen (secondary N) is 1. The zero-order valence-corrected chi connectivity index (χ0v) is 11.7. The Morgan fingerprint density at radius 2 is 1.70 bits per heavy atom. The third kappa shape index (κ3) is 2.61. The summed E-state index contributed by atoms with van der Waals surface area (Å²) in [6, 6.07) is -0.00370. The summed E-state index contributed by atoms with van der Waals surface area (Å²) in [6.45, 7) is 6.46. The van der Waals surface area contributed by atoms with E-state index in [1.165, 1.54) is 4.90 Å².